The van der Waals surface area contributed by atoms with E-state index in [1.165, 1.54) is 0 Å². The van der Waals surface area contributed by atoms with E-state index < -0.39 is 0 Å². The predicted octanol–water partition coefficient (Wildman–Crippen LogP) is 0.435. The number of aromatic nitrogens is 2. The summed E-state index contributed by atoms with van der Waals surface area (Å²) in [6, 6.07) is -0.385. The van der Waals surface area contributed by atoms with E-state index in [9.17, 15) is 4.79 Å². The Bertz CT molecular complexity index is 334. The smallest absolute Gasteiger partial charge is 0.236 e. The number of amides is 1. The fraction of sp³-hybridized carbons (Fsp3) is 0.636. The van der Waals surface area contributed by atoms with Crippen LogP contribution < -0.4 is 11.1 Å². The number of hydrogen-bond donors (Lipinski definition) is 2. The molecule has 0 aromatic carbocycles. The van der Waals surface area contributed by atoms with Crippen LogP contribution in [0, 0.1) is 6.92 Å². The minimum absolute atomic E-state index is 0.0780. The van der Waals surface area contributed by atoms with Crippen LogP contribution in [0.2, 0.25) is 0 Å². The number of nitrogens with one attached hydrogen (secondary N) is 1. The van der Waals surface area contributed by atoms with Crippen LogP contribution in [0.3, 0.4) is 0 Å². The van der Waals surface area contributed by atoms with Gasteiger partial charge in [-0.05, 0) is 18.9 Å². The molecule has 0 bridgehead atoms. The summed E-state index contributed by atoms with van der Waals surface area (Å²) in [6.45, 7) is 5.24. The van der Waals surface area contributed by atoms with Crippen LogP contribution in [-0.2, 0) is 11.3 Å². The number of carbonyl (C=O) groups is 1. The summed E-state index contributed by atoms with van der Waals surface area (Å²) < 4.78 is 1.81. The Kier molecular flexibility index (Phi) is 4.98. The summed E-state index contributed by atoms with van der Waals surface area (Å²) in [4.78, 5) is 11.5. The molecule has 0 saturated carbocycles. The zero-order valence-electron chi connectivity index (χ0n) is 9.94. The summed E-state index contributed by atoms with van der Waals surface area (Å²) in [5.74, 6) is -0.0780. The molecule has 0 radical (unpaired) electrons. The molecule has 1 rings (SSSR count). The molecule has 0 unspecified atom stereocenters. The predicted molar refractivity (Wildman–Crippen MR) is 62.9 cm³/mol. The van der Waals surface area contributed by atoms with Crippen molar-refractivity contribution < 1.29 is 4.79 Å². The highest BCUT2D eigenvalue weighted by Crippen LogP contribution is 1.94. The third-order valence-electron chi connectivity index (χ3n) is 2.34. The molecule has 1 aromatic rings. The first-order chi connectivity index (χ1) is 7.63. The van der Waals surface area contributed by atoms with Crippen molar-refractivity contribution in [3.63, 3.8) is 0 Å². The monoisotopic (exact) mass is 224 g/mol. The summed E-state index contributed by atoms with van der Waals surface area (Å²) in [6.07, 6.45) is 5.39. The molecule has 1 atom stereocenters. The summed E-state index contributed by atoms with van der Waals surface area (Å²) in [5.41, 5.74) is 6.80. The molecule has 0 saturated heterocycles. The maximum Gasteiger partial charge on any atom is 0.236 e. The molecule has 5 nitrogen and oxygen atoms in total. The van der Waals surface area contributed by atoms with Gasteiger partial charge in [-0.3, -0.25) is 9.48 Å². The first kappa shape index (κ1) is 12.7. The van der Waals surface area contributed by atoms with Crippen LogP contribution >= 0.6 is 0 Å². The van der Waals surface area contributed by atoms with Gasteiger partial charge in [0.2, 0.25) is 5.91 Å². The van der Waals surface area contributed by atoms with E-state index in [-0.39, 0.29) is 11.9 Å². The molecular formula is C11H20N4O. The van der Waals surface area contributed by atoms with Gasteiger partial charge in [0.25, 0.3) is 0 Å². The van der Waals surface area contributed by atoms with Crippen molar-refractivity contribution in [3.05, 3.63) is 18.0 Å². The number of hydrogen-bond acceptors (Lipinski definition) is 3. The van der Waals surface area contributed by atoms with Crippen LogP contribution in [0.15, 0.2) is 12.4 Å². The van der Waals surface area contributed by atoms with Crippen molar-refractivity contribution in [2.45, 2.75) is 39.3 Å². The van der Waals surface area contributed by atoms with Crippen molar-refractivity contribution in [2.24, 2.45) is 5.73 Å². The van der Waals surface area contributed by atoms with Gasteiger partial charge in [0.15, 0.2) is 0 Å². The SMILES string of the molecule is CCC[C@@H](N)C(=O)NCCn1cc(C)cn1. The highest BCUT2D eigenvalue weighted by atomic mass is 16.2. The highest BCUT2D eigenvalue weighted by molar-refractivity contribution is 5.81. The van der Waals surface area contributed by atoms with Crippen LogP contribution in [-0.4, -0.2) is 28.3 Å². The summed E-state index contributed by atoms with van der Waals surface area (Å²) in [5, 5.41) is 6.93. The fourth-order valence-corrected chi connectivity index (χ4v) is 1.46. The molecule has 5 heteroatoms. The van der Waals surface area contributed by atoms with Crippen LogP contribution in [0.4, 0.5) is 0 Å². The number of aryl methyl sites for hydroxylation is 1. The lowest BCUT2D eigenvalue weighted by Gasteiger charge is -2.10. The second kappa shape index (κ2) is 6.27. The van der Waals surface area contributed by atoms with Gasteiger partial charge in [-0.2, -0.15) is 5.10 Å². The minimum Gasteiger partial charge on any atom is -0.353 e. The van der Waals surface area contributed by atoms with Crippen molar-refractivity contribution in [1.82, 2.24) is 15.1 Å². The van der Waals surface area contributed by atoms with Crippen LogP contribution in [0.1, 0.15) is 25.3 Å². The van der Waals surface area contributed by atoms with E-state index >= 15 is 0 Å². The molecule has 0 aliphatic rings. The number of carbonyl (C=O) groups excluding carboxylic acids is 1. The van der Waals surface area contributed by atoms with E-state index in [4.69, 9.17) is 5.73 Å². The Morgan fingerprint density at radius 3 is 3.00 bits per heavy atom. The van der Waals surface area contributed by atoms with E-state index in [1.807, 2.05) is 20.0 Å². The lowest BCUT2D eigenvalue weighted by atomic mass is 10.2. The molecule has 1 aromatic heterocycles. The lowest BCUT2D eigenvalue weighted by molar-refractivity contribution is -0.122. The number of rotatable bonds is 6. The van der Waals surface area contributed by atoms with Crippen molar-refractivity contribution in [1.29, 1.82) is 0 Å². The Labute approximate surface area is 96.0 Å². The average Bonchev–Trinajstić information content (AvgIpc) is 2.64. The van der Waals surface area contributed by atoms with Gasteiger partial charge >= 0.3 is 0 Å². The number of nitrogens with two attached hydrogens (primary N) is 1. The summed E-state index contributed by atoms with van der Waals surface area (Å²) >= 11 is 0. The van der Waals surface area contributed by atoms with E-state index in [0.717, 1.165) is 18.4 Å². The van der Waals surface area contributed by atoms with E-state index in [2.05, 4.69) is 10.4 Å². The normalized spacial score (nSPS) is 12.4. The second-order valence-electron chi connectivity index (χ2n) is 3.97. The molecule has 90 valence electrons. The van der Waals surface area contributed by atoms with Gasteiger partial charge in [0.1, 0.15) is 0 Å². The van der Waals surface area contributed by atoms with Crippen LogP contribution in [0.25, 0.3) is 0 Å². The third-order valence-corrected chi connectivity index (χ3v) is 2.34. The van der Waals surface area contributed by atoms with Gasteiger partial charge in [0.05, 0.1) is 18.8 Å². The zero-order valence-corrected chi connectivity index (χ0v) is 9.94. The molecule has 0 spiro atoms. The molecule has 0 aliphatic carbocycles. The molecular weight excluding hydrogens is 204 g/mol. The Hall–Kier alpha value is -1.36. The molecule has 1 heterocycles. The number of nitrogens with zero attached hydrogens (tertiary/aromatic N) is 2. The molecule has 3 N–H and O–H groups in total. The van der Waals surface area contributed by atoms with Gasteiger partial charge in [0, 0.05) is 12.7 Å². The van der Waals surface area contributed by atoms with Gasteiger partial charge in [-0.25, -0.2) is 0 Å². The first-order valence-electron chi connectivity index (χ1n) is 5.66. The minimum atomic E-state index is -0.385. The van der Waals surface area contributed by atoms with Gasteiger partial charge < -0.3 is 11.1 Å². The van der Waals surface area contributed by atoms with Gasteiger partial charge in [-0.1, -0.05) is 13.3 Å². The fourth-order valence-electron chi connectivity index (χ4n) is 1.46. The van der Waals surface area contributed by atoms with E-state index in [0.29, 0.717) is 13.1 Å². The Balaban J connectivity index is 2.22. The quantitative estimate of drug-likeness (QED) is 0.736. The zero-order chi connectivity index (χ0) is 12.0. The maximum atomic E-state index is 11.5. The van der Waals surface area contributed by atoms with Crippen molar-refractivity contribution in [2.75, 3.05) is 6.54 Å². The van der Waals surface area contributed by atoms with Crippen molar-refractivity contribution in [3.8, 4) is 0 Å². The summed E-state index contributed by atoms with van der Waals surface area (Å²) in [7, 11) is 0. The Morgan fingerprint density at radius 2 is 2.44 bits per heavy atom. The first-order valence-corrected chi connectivity index (χ1v) is 5.66. The molecule has 0 fully saturated rings. The van der Waals surface area contributed by atoms with E-state index in [1.54, 1.807) is 10.9 Å². The molecule has 1 amide bonds. The average molecular weight is 224 g/mol. The van der Waals surface area contributed by atoms with Crippen LogP contribution in [0.5, 0.6) is 0 Å². The topological polar surface area (TPSA) is 72.9 Å². The largest absolute Gasteiger partial charge is 0.353 e. The maximum absolute atomic E-state index is 11.5. The highest BCUT2D eigenvalue weighted by Gasteiger charge is 2.10. The third kappa shape index (κ3) is 4.02. The van der Waals surface area contributed by atoms with Gasteiger partial charge in [-0.15, -0.1) is 0 Å². The van der Waals surface area contributed by atoms with Crippen molar-refractivity contribution >= 4 is 5.91 Å². The standard InChI is InChI=1S/C11H20N4O/c1-3-4-10(12)11(16)13-5-6-15-8-9(2)7-14-15/h7-8,10H,3-6,12H2,1-2H3,(H,13,16)/t10-/m1/s1. The lowest BCUT2D eigenvalue weighted by Crippen LogP contribution is -2.41. The molecule has 0 aliphatic heterocycles. The second-order valence-corrected chi connectivity index (χ2v) is 3.97. The Morgan fingerprint density at radius 1 is 1.69 bits per heavy atom. The molecule has 16 heavy (non-hydrogen) atoms.